The minimum atomic E-state index is 0.831. The zero-order valence-electron chi connectivity index (χ0n) is 12.1. The van der Waals surface area contributed by atoms with Crippen molar-refractivity contribution >= 4 is 0 Å². The van der Waals surface area contributed by atoms with E-state index in [1.54, 1.807) is 0 Å². The lowest BCUT2D eigenvalue weighted by molar-refractivity contribution is 0.143. The summed E-state index contributed by atoms with van der Waals surface area (Å²) < 4.78 is 0. The minimum Gasteiger partial charge on any atom is -0.306 e. The maximum Gasteiger partial charge on any atom is 0.0113 e. The summed E-state index contributed by atoms with van der Waals surface area (Å²) in [4.78, 5) is 5.01. The number of nitrogens with zero attached hydrogens (tertiary/aromatic N) is 2. The fourth-order valence-electron chi connectivity index (χ4n) is 2.24. The molecule has 1 aliphatic rings. The normalized spacial score (nSPS) is 18.4. The van der Waals surface area contributed by atoms with Crippen molar-refractivity contribution in [1.82, 2.24) is 9.80 Å². The van der Waals surface area contributed by atoms with Crippen molar-refractivity contribution in [3.05, 3.63) is 0 Å². The highest BCUT2D eigenvalue weighted by atomic mass is 15.2. The van der Waals surface area contributed by atoms with Crippen molar-refractivity contribution < 1.29 is 0 Å². The molecule has 0 atom stereocenters. The molecule has 1 heterocycles. The molecule has 2 nitrogen and oxygen atoms in total. The van der Waals surface area contributed by atoms with Crippen molar-refractivity contribution in [2.45, 2.75) is 58.9 Å². The van der Waals surface area contributed by atoms with Crippen molar-refractivity contribution in [3.8, 4) is 0 Å². The average Bonchev–Trinajstić information content (AvgIpc) is 2.33. The summed E-state index contributed by atoms with van der Waals surface area (Å²) in [5.74, 6) is 0. The van der Waals surface area contributed by atoms with Crippen LogP contribution < -0.4 is 0 Å². The molecule has 0 spiro atoms. The van der Waals surface area contributed by atoms with Gasteiger partial charge in [-0.2, -0.15) is 0 Å². The summed E-state index contributed by atoms with van der Waals surface area (Å²) >= 11 is 0. The largest absolute Gasteiger partial charge is 0.306 e. The molecule has 0 bridgehead atoms. The topological polar surface area (TPSA) is 6.48 Å². The van der Waals surface area contributed by atoms with Crippen LogP contribution >= 0.6 is 0 Å². The van der Waals surface area contributed by atoms with Crippen molar-refractivity contribution in [3.63, 3.8) is 0 Å². The highest BCUT2D eigenvalue weighted by molar-refractivity contribution is 4.76. The first-order valence-corrected chi connectivity index (χ1v) is 7.12. The molecule has 0 aliphatic carbocycles. The number of unbranched alkanes of at least 4 members (excludes halogenated alkanes) is 2. The number of rotatable bonds is 5. The summed E-state index contributed by atoms with van der Waals surface area (Å²) in [6.45, 7) is 10.2. The standard InChI is InChI=1S/C12H26N2.C2H6/c1-4-5-6-9-14-10-7-12(8-11-14)13(2)3;1-2/h12H,4-11H2,1-3H3;1-2H3. The predicted octanol–water partition coefficient (Wildman–Crippen LogP) is 3.23. The second kappa shape index (κ2) is 10.1. The lowest BCUT2D eigenvalue weighted by atomic mass is 10.0. The summed E-state index contributed by atoms with van der Waals surface area (Å²) in [5, 5.41) is 0. The fourth-order valence-corrected chi connectivity index (χ4v) is 2.24. The SMILES string of the molecule is CC.CCCCCN1CCC(N(C)C)CC1. The van der Waals surface area contributed by atoms with Gasteiger partial charge in [-0.15, -0.1) is 0 Å². The molecule has 1 aliphatic heterocycles. The van der Waals surface area contributed by atoms with E-state index in [-0.39, 0.29) is 0 Å². The number of hydrogen-bond donors (Lipinski definition) is 0. The van der Waals surface area contributed by atoms with Crippen LogP contribution in [0.5, 0.6) is 0 Å². The Morgan fingerprint density at radius 2 is 1.62 bits per heavy atom. The van der Waals surface area contributed by atoms with Crippen LogP contribution in [-0.2, 0) is 0 Å². The summed E-state index contributed by atoms with van der Waals surface area (Å²) in [6, 6.07) is 0.831. The van der Waals surface area contributed by atoms with E-state index in [9.17, 15) is 0 Å². The van der Waals surface area contributed by atoms with Crippen LogP contribution in [-0.4, -0.2) is 49.6 Å². The zero-order valence-corrected chi connectivity index (χ0v) is 12.1. The molecule has 16 heavy (non-hydrogen) atoms. The van der Waals surface area contributed by atoms with Gasteiger partial charge in [0.25, 0.3) is 0 Å². The van der Waals surface area contributed by atoms with E-state index >= 15 is 0 Å². The van der Waals surface area contributed by atoms with E-state index in [1.165, 1.54) is 51.7 Å². The average molecular weight is 228 g/mol. The van der Waals surface area contributed by atoms with Crippen LogP contribution in [0.1, 0.15) is 52.9 Å². The molecule has 0 N–H and O–H groups in total. The molecule has 1 fully saturated rings. The number of likely N-dealkylation sites (tertiary alicyclic amines) is 1. The molecule has 98 valence electrons. The highest BCUT2D eigenvalue weighted by Crippen LogP contribution is 2.14. The van der Waals surface area contributed by atoms with Crippen LogP contribution in [0.15, 0.2) is 0 Å². The van der Waals surface area contributed by atoms with Crippen LogP contribution in [0.2, 0.25) is 0 Å². The van der Waals surface area contributed by atoms with Crippen LogP contribution in [0.25, 0.3) is 0 Å². The van der Waals surface area contributed by atoms with Gasteiger partial charge in [-0.1, -0.05) is 33.6 Å². The molecule has 0 unspecified atom stereocenters. The van der Waals surface area contributed by atoms with E-state index in [0.717, 1.165) is 6.04 Å². The van der Waals surface area contributed by atoms with Gasteiger partial charge in [-0.05, 0) is 53.0 Å². The monoisotopic (exact) mass is 228 g/mol. The van der Waals surface area contributed by atoms with Crippen LogP contribution in [0.3, 0.4) is 0 Å². The predicted molar refractivity (Wildman–Crippen MR) is 74.0 cm³/mol. The van der Waals surface area contributed by atoms with Gasteiger partial charge in [0.2, 0.25) is 0 Å². The quantitative estimate of drug-likeness (QED) is 0.667. The van der Waals surface area contributed by atoms with Gasteiger partial charge >= 0.3 is 0 Å². The van der Waals surface area contributed by atoms with E-state index in [1.807, 2.05) is 13.8 Å². The second-order valence-electron chi connectivity index (χ2n) is 4.74. The van der Waals surface area contributed by atoms with Gasteiger partial charge in [0, 0.05) is 6.04 Å². The molecule has 0 saturated carbocycles. The molecule has 2 heteroatoms. The van der Waals surface area contributed by atoms with Gasteiger partial charge in [-0.25, -0.2) is 0 Å². The molecule has 0 aromatic rings. The van der Waals surface area contributed by atoms with Crippen LogP contribution in [0, 0.1) is 0 Å². The van der Waals surface area contributed by atoms with Crippen molar-refractivity contribution in [2.75, 3.05) is 33.7 Å². The molecular formula is C14H32N2. The Morgan fingerprint density at radius 3 is 2.06 bits per heavy atom. The Kier molecular flexibility index (Phi) is 10.0. The summed E-state index contributed by atoms with van der Waals surface area (Å²) in [5.41, 5.74) is 0. The third-order valence-electron chi connectivity index (χ3n) is 3.37. The van der Waals surface area contributed by atoms with E-state index in [4.69, 9.17) is 0 Å². The van der Waals surface area contributed by atoms with Gasteiger partial charge in [-0.3, -0.25) is 0 Å². The van der Waals surface area contributed by atoms with E-state index in [2.05, 4.69) is 30.8 Å². The molecule has 0 aromatic heterocycles. The fraction of sp³-hybridized carbons (Fsp3) is 1.00. The molecule has 1 saturated heterocycles. The van der Waals surface area contributed by atoms with Gasteiger partial charge in [0.15, 0.2) is 0 Å². The van der Waals surface area contributed by atoms with Gasteiger partial charge < -0.3 is 9.80 Å². The number of hydrogen-bond acceptors (Lipinski definition) is 2. The smallest absolute Gasteiger partial charge is 0.0113 e. The van der Waals surface area contributed by atoms with Gasteiger partial charge in [0.1, 0.15) is 0 Å². The minimum absolute atomic E-state index is 0.831. The molecule has 1 rings (SSSR count). The molecule has 0 amide bonds. The van der Waals surface area contributed by atoms with Crippen molar-refractivity contribution in [1.29, 1.82) is 0 Å². The first kappa shape index (κ1) is 15.9. The Morgan fingerprint density at radius 1 is 1.06 bits per heavy atom. The third kappa shape index (κ3) is 6.49. The molecule has 0 radical (unpaired) electrons. The maximum absolute atomic E-state index is 2.63. The maximum atomic E-state index is 2.63. The van der Waals surface area contributed by atoms with E-state index in [0.29, 0.717) is 0 Å². The highest BCUT2D eigenvalue weighted by Gasteiger charge is 2.19. The summed E-state index contributed by atoms with van der Waals surface area (Å²) in [7, 11) is 4.41. The van der Waals surface area contributed by atoms with Crippen molar-refractivity contribution in [2.24, 2.45) is 0 Å². The lowest BCUT2D eigenvalue weighted by Gasteiger charge is -2.35. The zero-order chi connectivity index (χ0) is 12.4. The second-order valence-corrected chi connectivity index (χ2v) is 4.74. The van der Waals surface area contributed by atoms with E-state index < -0.39 is 0 Å². The Balaban J connectivity index is 0.00000106. The Labute approximate surface area is 103 Å². The molecule has 0 aromatic carbocycles. The Bertz CT molecular complexity index is 138. The summed E-state index contributed by atoms with van der Waals surface area (Å²) in [6.07, 6.45) is 6.85. The van der Waals surface area contributed by atoms with Gasteiger partial charge in [0.05, 0.1) is 0 Å². The lowest BCUT2D eigenvalue weighted by Crippen LogP contribution is -2.42. The molecular weight excluding hydrogens is 196 g/mol. The Hall–Kier alpha value is -0.0800. The number of piperidine rings is 1. The first-order valence-electron chi connectivity index (χ1n) is 7.12. The van der Waals surface area contributed by atoms with Crippen LogP contribution in [0.4, 0.5) is 0 Å². The third-order valence-corrected chi connectivity index (χ3v) is 3.37. The first-order chi connectivity index (χ1) is 7.74.